The van der Waals surface area contributed by atoms with Gasteiger partial charge in [0.15, 0.2) is 0 Å². The van der Waals surface area contributed by atoms with Crippen molar-refractivity contribution in [2.45, 2.75) is 20.0 Å². The van der Waals surface area contributed by atoms with Gasteiger partial charge >= 0.3 is 0 Å². The molecule has 0 saturated heterocycles. The highest BCUT2D eigenvalue weighted by Gasteiger charge is 2.08. The van der Waals surface area contributed by atoms with Gasteiger partial charge in [-0.2, -0.15) is 0 Å². The lowest BCUT2D eigenvalue weighted by molar-refractivity contribution is 0.117. The van der Waals surface area contributed by atoms with Gasteiger partial charge in [0, 0.05) is 6.54 Å². The first-order chi connectivity index (χ1) is 10.0. The Hall–Kier alpha value is -2.07. The molecule has 0 aliphatic carbocycles. The molecule has 4 heteroatoms. The van der Waals surface area contributed by atoms with E-state index in [1.54, 1.807) is 12.1 Å². The minimum absolute atomic E-state index is 0.157. The lowest BCUT2D eigenvalue weighted by atomic mass is 10.2. The number of rotatable bonds is 6. The molecule has 3 nitrogen and oxygen atoms in total. The first-order valence-electron chi connectivity index (χ1n) is 6.92. The van der Waals surface area contributed by atoms with Gasteiger partial charge in [-0.15, -0.1) is 0 Å². The van der Waals surface area contributed by atoms with Crippen molar-refractivity contribution in [1.29, 1.82) is 0 Å². The molecule has 2 aromatic rings. The third-order valence-electron chi connectivity index (χ3n) is 3.08. The monoisotopic (exact) mass is 289 g/mol. The quantitative estimate of drug-likeness (QED) is 0.857. The molecule has 0 radical (unpaired) electrons. The fraction of sp³-hybridized carbons (Fsp3) is 0.294. The zero-order chi connectivity index (χ0) is 15.2. The molecule has 0 spiro atoms. The van der Waals surface area contributed by atoms with Crippen LogP contribution in [0.25, 0.3) is 0 Å². The number of aryl methyl sites for hydroxylation is 2. The van der Waals surface area contributed by atoms with Crippen molar-refractivity contribution in [3.05, 3.63) is 59.4 Å². The van der Waals surface area contributed by atoms with Crippen LogP contribution in [0.1, 0.15) is 11.1 Å². The molecule has 0 aliphatic heterocycles. The fourth-order valence-electron chi connectivity index (χ4n) is 1.96. The molecule has 0 saturated carbocycles. The lowest BCUT2D eigenvalue weighted by Gasteiger charge is -2.15. The van der Waals surface area contributed by atoms with E-state index in [1.165, 1.54) is 6.07 Å². The highest BCUT2D eigenvalue weighted by Crippen LogP contribution is 2.16. The van der Waals surface area contributed by atoms with E-state index < -0.39 is 6.10 Å². The Morgan fingerprint density at radius 3 is 2.67 bits per heavy atom. The summed E-state index contributed by atoms with van der Waals surface area (Å²) in [4.78, 5) is 0. The molecule has 2 N–H and O–H groups in total. The van der Waals surface area contributed by atoms with E-state index in [1.807, 2.05) is 38.1 Å². The summed E-state index contributed by atoms with van der Waals surface area (Å²) in [6.07, 6.45) is -0.717. The van der Waals surface area contributed by atoms with Gasteiger partial charge in [0.05, 0.1) is 5.69 Å². The first-order valence-corrected chi connectivity index (χ1v) is 6.92. The van der Waals surface area contributed by atoms with Crippen LogP contribution in [0.3, 0.4) is 0 Å². The number of aliphatic hydroxyl groups is 1. The summed E-state index contributed by atoms with van der Waals surface area (Å²) < 4.78 is 19.0. The van der Waals surface area contributed by atoms with Gasteiger partial charge in [-0.3, -0.25) is 0 Å². The van der Waals surface area contributed by atoms with Crippen molar-refractivity contribution < 1.29 is 14.2 Å². The molecular formula is C17H20FNO2. The molecule has 0 aliphatic rings. The second-order valence-electron chi connectivity index (χ2n) is 5.15. The molecule has 0 fully saturated rings. The molecule has 0 bridgehead atoms. The average Bonchev–Trinajstić information content (AvgIpc) is 2.46. The summed E-state index contributed by atoms with van der Waals surface area (Å²) >= 11 is 0. The highest BCUT2D eigenvalue weighted by molar-refractivity contribution is 5.47. The number of nitrogens with one attached hydrogen (secondary N) is 1. The lowest BCUT2D eigenvalue weighted by Crippen LogP contribution is -2.26. The van der Waals surface area contributed by atoms with Crippen molar-refractivity contribution in [3.8, 4) is 5.75 Å². The summed E-state index contributed by atoms with van der Waals surface area (Å²) in [5.74, 6) is 0.392. The molecule has 0 amide bonds. The predicted octanol–water partition coefficient (Wildman–Crippen LogP) is 3.29. The summed E-state index contributed by atoms with van der Waals surface area (Å²) in [6.45, 7) is 4.25. The van der Waals surface area contributed by atoms with Gasteiger partial charge < -0.3 is 15.2 Å². The van der Waals surface area contributed by atoms with E-state index in [4.69, 9.17) is 4.74 Å². The van der Waals surface area contributed by atoms with Gasteiger partial charge in [-0.1, -0.05) is 18.2 Å². The minimum atomic E-state index is -0.717. The average molecular weight is 289 g/mol. The van der Waals surface area contributed by atoms with E-state index in [0.29, 0.717) is 5.69 Å². The number of anilines is 1. The second-order valence-corrected chi connectivity index (χ2v) is 5.15. The van der Waals surface area contributed by atoms with Gasteiger partial charge in [-0.25, -0.2) is 4.39 Å². The van der Waals surface area contributed by atoms with E-state index in [0.717, 1.165) is 16.9 Å². The molecular weight excluding hydrogens is 269 g/mol. The molecule has 1 unspecified atom stereocenters. The SMILES string of the molecule is Cc1cccc(OCC(O)CNc2cc(C)ccc2F)c1. The van der Waals surface area contributed by atoms with Crippen molar-refractivity contribution in [2.24, 2.45) is 0 Å². The third-order valence-corrected chi connectivity index (χ3v) is 3.08. The largest absolute Gasteiger partial charge is 0.491 e. The standard InChI is InChI=1S/C17H20FNO2/c1-12-4-3-5-15(8-12)21-11-14(20)10-19-17-9-13(2)6-7-16(17)18/h3-9,14,19-20H,10-11H2,1-2H3. The molecule has 0 aromatic heterocycles. The van der Waals surface area contributed by atoms with Gasteiger partial charge in [0.1, 0.15) is 24.3 Å². The van der Waals surface area contributed by atoms with E-state index in [-0.39, 0.29) is 19.0 Å². The van der Waals surface area contributed by atoms with Gasteiger partial charge in [0.2, 0.25) is 0 Å². The summed E-state index contributed by atoms with van der Waals surface area (Å²) in [5, 5.41) is 12.8. The molecule has 112 valence electrons. The van der Waals surface area contributed by atoms with Crippen molar-refractivity contribution in [1.82, 2.24) is 0 Å². The molecule has 21 heavy (non-hydrogen) atoms. The third kappa shape index (κ3) is 4.76. The zero-order valence-corrected chi connectivity index (χ0v) is 12.3. The normalized spacial score (nSPS) is 12.0. The number of hydrogen-bond acceptors (Lipinski definition) is 3. The predicted molar refractivity (Wildman–Crippen MR) is 82.3 cm³/mol. The first kappa shape index (κ1) is 15.3. The van der Waals surface area contributed by atoms with Gasteiger partial charge in [-0.05, 0) is 49.2 Å². The van der Waals surface area contributed by atoms with Crippen molar-refractivity contribution in [3.63, 3.8) is 0 Å². The Labute approximate surface area is 124 Å². The molecule has 2 rings (SSSR count). The van der Waals surface area contributed by atoms with E-state index in [2.05, 4.69) is 5.32 Å². The summed E-state index contributed by atoms with van der Waals surface area (Å²) in [6, 6.07) is 12.4. The summed E-state index contributed by atoms with van der Waals surface area (Å²) in [5.41, 5.74) is 2.45. The van der Waals surface area contributed by atoms with Crippen LogP contribution in [0, 0.1) is 19.7 Å². The Morgan fingerprint density at radius 1 is 1.14 bits per heavy atom. The van der Waals surface area contributed by atoms with Crippen LogP contribution >= 0.6 is 0 Å². The second kappa shape index (κ2) is 7.09. The van der Waals surface area contributed by atoms with Crippen LogP contribution in [-0.4, -0.2) is 24.4 Å². The van der Waals surface area contributed by atoms with E-state index >= 15 is 0 Å². The maximum atomic E-state index is 13.5. The highest BCUT2D eigenvalue weighted by atomic mass is 19.1. The number of ether oxygens (including phenoxy) is 1. The van der Waals surface area contributed by atoms with E-state index in [9.17, 15) is 9.50 Å². The molecule has 1 atom stereocenters. The van der Waals surface area contributed by atoms with Crippen molar-refractivity contribution >= 4 is 5.69 Å². The fourth-order valence-corrected chi connectivity index (χ4v) is 1.96. The van der Waals surface area contributed by atoms with Crippen LogP contribution in [-0.2, 0) is 0 Å². The Balaban J connectivity index is 1.82. The smallest absolute Gasteiger partial charge is 0.146 e. The maximum Gasteiger partial charge on any atom is 0.146 e. The Bertz CT molecular complexity index is 601. The van der Waals surface area contributed by atoms with Crippen LogP contribution < -0.4 is 10.1 Å². The van der Waals surface area contributed by atoms with Crippen LogP contribution in [0.4, 0.5) is 10.1 Å². The van der Waals surface area contributed by atoms with Crippen molar-refractivity contribution in [2.75, 3.05) is 18.5 Å². The number of aliphatic hydroxyl groups excluding tert-OH is 1. The van der Waals surface area contributed by atoms with Crippen LogP contribution in [0.2, 0.25) is 0 Å². The molecule has 0 heterocycles. The molecule has 2 aromatic carbocycles. The number of halogens is 1. The maximum absolute atomic E-state index is 13.5. The van der Waals surface area contributed by atoms with Crippen LogP contribution in [0.15, 0.2) is 42.5 Å². The number of benzene rings is 2. The zero-order valence-electron chi connectivity index (χ0n) is 12.3. The Kier molecular flexibility index (Phi) is 5.17. The topological polar surface area (TPSA) is 41.5 Å². The Morgan fingerprint density at radius 2 is 1.90 bits per heavy atom. The summed E-state index contributed by atoms with van der Waals surface area (Å²) in [7, 11) is 0. The minimum Gasteiger partial charge on any atom is -0.491 e. The van der Waals surface area contributed by atoms with Crippen LogP contribution in [0.5, 0.6) is 5.75 Å². The number of hydrogen-bond donors (Lipinski definition) is 2. The van der Waals surface area contributed by atoms with Gasteiger partial charge in [0.25, 0.3) is 0 Å².